The van der Waals surface area contributed by atoms with Crippen LogP contribution in [0.3, 0.4) is 0 Å². The van der Waals surface area contributed by atoms with Crippen LogP contribution in [0.25, 0.3) is 11.4 Å². The summed E-state index contributed by atoms with van der Waals surface area (Å²) in [4.78, 5) is 51.1. The number of aromatic nitrogens is 2. The fourth-order valence-corrected chi connectivity index (χ4v) is 5.06. The van der Waals surface area contributed by atoms with Crippen molar-refractivity contribution in [3.8, 4) is 11.4 Å². The number of para-hydroxylation sites is 1. The topological polar surface area (TPSA) is 105 Å². The summed E-state index contributed by atoms with van der Waals surface area (Å²) in [5, 5.41) is 2.89. The number of nitrogens with one attached hydrogen (secondary N) is 1. The lowest BCUT2D eigenvalue weighted by molar-refractivity contribution is -0.115. The number of hydrogen-bond donors (Lipinski definition) is 1. The first-order valence-corrected chi connectivity index (χ1v) is 14.2. The van der Waals surface area contributed by atoms with Gasteiger partial charge in [0.15, 0.2) is 5.82 Å². The highest BCUT2D eigenvalue weighted by Gasteiger charge is 2.40. The maximum Gasteiger partial charge on any atom is 0.410 e. The lowest BCUT2D eigenvalue weighted by Gasteiger charge is -2.39. The molecule has 214 valence electrons. The number of rotatable bonds is 7. The number of amides is 3. The Morgan fingerprint density at radius 1 is 0.902 bits per heavy atom. The molecule has 1 saturated carbocycles. The van der Waals surface area contributed by atoms with Gasteiger partial charge < -0.3 is 19.9 Å². The third-order valence-corrected chi connectivity index (χ3v) is 7.22. The van der Waals surface area contributed by atoms with Crippen molar-refractivity contribution in [2.45, 2.75) is 70.6 Å². The molecule has 2 heterocycles. The van der Waals surface area contributed by atoms with Crippen LogP contribution in [-0.4, -0.2) is 68.4 Å². The molecule has 2 aliphatic rings. The standard InChI is InChI=1S/C32H37N5O4/c1-32(2,3)41-31(40)36-17-15-27(16-18-36)37(26-13-14-26)30(39)24-20-33-29(34-21-24)23-11-9-22(10-12-23)19-28(38)35-25-7-5-4-6-8-25/h4-12,20-21,26-27H,13-19H2,1-3H3,(H,35,38). The van der Waals surface area contributed by atoms with Gasteiger partial charge in [0.1, 0.15) is 5.60 Å². The zero-order chi connectivity index (χ0) is 29.0. The van der Waals surface area contributed by atoms with Crippen molar-refractivity contribution in [2.24, 2.45) is 0 Å². The van der Waals surface area contributed by atoms with E-state index in [1.54, 1.807) is 17.3 Å². The maximum atomic E-state index is 13.6. The largest absolute Gasteiger partial charge is 0.444 e. The van der Waals surface area contributed by atoms with E-state index in [4.69, 9.17) is 4.74 Å². The quantitative estimate of drug-likeness (QED) is 0.423. The fourth-order valence-electron chi connectivity index (χ4n) is 5.06. The van der Waals surface area contributed by atoms with E-state index < -0.39 is 5.60 Å². The van der Waals surface area contributed by atoms with Gasteiger partial charge in [-0.25, -0.2) is 14.8 Å². The predicted octanol–water partition coefficient (Wildman–Crippen LogP) is 5.33. The number of nitrogens with zero attached hydrogens (tertiary/aromatic N) is 4. The molecule has 2 aromatic carbocycles. The van der Waals surface area contributed by atoms with Gasteiger partial charge in [-0.2, -0.15) is 0 Å². The van der Waals surface area contributed by atoms with Crippen LogP contribution < -0.4 is 5.32 Å². The fraction of sp³-hybridized carbons (Fsp3) is 0.406. The Hall–Kier alpha value is -4.27. The van der Waals surface area contributed by atoms with Crippen LogP contribution in [0, 0.1) is 0 Å². The number of benzene rings is 2. The van der Waals surface area contributed by atoms with E-state index in [0.717, 1.165) is 42.5 Å². The van der Waals surface area contributed by atoms with E-state index in [1.807, 2.05) is 80.3 Å². The van der Waals surface area contributed by atoms with Crippen LogP contribution in [-0.2, 0) is 16.0 Å². The number of carbonyl (C=O) groups is 3. The van der Waals surface area contributed by atoms with Crippen LogP contribution in [0.4, 0.5) is 10.5 Å². The minimum atomic E-state index is -0.531. The van der Waals surface area contributed by atoms with Crippen molar-refractivity contribution < 1.29 is 19.1 Å². The molecule has 1 N–H and O–H groups in total. The van der Waals surface area contributed by atoms with Gasteiger partial charge in [-0.3, -0.25) is 9.59 Å². The number of hydrogen-bond acceptors (Lipinski definition) is 6. The molecule has 9 nitrogen and oxygen atoms in total. The molecule has 9 heteroatoms. The Morgan fingerprint density at radius 2 is 1.51 bits per heavy atom. The summed E-state index contributed by atoms with van der Waals surface area (Å²) in [7, 11) is 0. The van der Waals surface area contributed by atoms with Crippen molar-refractivity contribution in [1.82, 2.24) is 19.8 Å². The third kappa shape index (κ3) is 7.48. The molecule has 5 rings (SSSR count). The van der Waals surface area contributed by atoms with Gasteiger partial charge in [0, 0.05) is 48.8 Å². The highest BCUT2D eigenvalue weighted by Crippen LogP contribution is 2.33. The molecule has 1 saturated heterocycles. The number of anilines is 1. The maximum absolute atomic E-state index is 13.6. The van der Waals surface area contributed by atoms with Gasteiger partial charge in [-0.1, -0.05) is 42.5 Å². The molecule has 0 radical (unpaired) electrons. The Bertz CT molecular complexity index is 1360. The second-order valence-electron chi connectivity index (χ2n) is 11.7. The molecule has 3 amide bonds. The van der Waals surface area contributed by atoms with Crippen LogP contribution in [0.5, 0.6) is 0 Å². The molecular weight excluding hydrogens is 518 g/mol. The van der Waals surface area contributed by atoms with Crippen molar-refractivity contribution in [3.05, 3.63) is 78.1 Å². The SMILES string of the molecule is CC(C)(C)OC(=O)N1CCC(N(C(=O)c2cnc(-c3ccc(CC(=O)Nc4ccccc4)cc3)nc2)C2CC2)CC1. The highest BCUT2D eigenvalue weighted by atomic mass is 16.6. The number of ether oxygens (including phenoxy) is 1. The van der Waals surface area contributed by atoms with E-state index in [9.17, 15) is 14.4 Å². The van der Waals surface area contributed by atoms with E-state index >= 15 is 0 Å². The molecule has 1 aliphatic heterocycles. The van der Waals surface area contributed by atoms with Crippen molar-refractivity contribution in [1.29, 1.82) is 0 Å². The number of likely N-dealkylation sites (tertiary alicyclic amines) is 1. The van der Waals surface area contributed by atoms with Crippen molar-refractivity contribution in [2.75, 3.05) is 18.4 Å². The summed E-state index contributed by atoms with van der Waals surface area (Å²) < 4.78 is 5.51. The summed E-state index contributed by atoms with van der Waals surface area (Å²) in [5.41, 5.74) is 2.39. The van der Waals surface area contributed by atoms with E-state index in [1.165, 1.54) is 0 Å². The van der Waals surface area contributed by atoms with E-state index in [-0.39, 0.29) is 36.4 Å². The number of carbonyl (C=O) groups excluding carboxylic acids is 3. The molecule has 2 fully saturated rings. The normalized spacial score (nSPS) is 15.7. The molecule has 41 heavy (non-hydrogen) atoms. The molecule has 0 bridgehead atoms. The monoisotopic (exact) mass is 555 g/mol. The average Bonchev–Trinajstić information content (AvgIpc) is 3.79. The molecular formula is C32H37N5O4. The Balaban J connectivity index is 1.18. The van der Waals surface area contributed by atoms with Gasteiger partial charge >= 0.3 is 6.09 Å². The first-order chi connectivity index (χ1) is 19.7. The van der Waals surface area contributed by atoms with E-state index in [2.05, 4.69) is 15.3 Å². The summed E-state index contributed by atoms with van der Waals surface area (Å²) in [6.45, 7) is 6.72. The second kappa shape index (κ2) is 12.1. The Kier molecular flexibility index (Phi) is 8.33. The first kappa shape index (κ1) is 28.3. The summed E-state index contributed by atoms with van der Waals surface area (Å²) in [6, 6.07) is 17.2. The zero-order valence-corrected chi connectivity index (χ0v) is 23.9. The van der Waals surface area contributed by atoms with Crippen LogP contribution in [0.2, 0.25) is 0 Å². The van der Waals surface area contributed by atoms with Gasteiger partial charge in [-0.15, -0.1) is 0 Å². The lowest BCUT2D eigenvalue weighted by Crippen LogP contribution is -2.50. The van der Waals surface area contributed by atoms with Crippen molar-refractivity contribution in [3.63, 3.8) is 0 Å². The smallest absolute Gasteiger partial charge is 0.410 e. The number of piperidine rings is 1. The average molecular weight is 556 g/mol. The molecule has 0 atom stereocenters. The summed E-state index contributed by atoms with van der Waals surface area (Å²) in [5.74, 6) is 0.374. The van der Waals surface area contributed by atoms with Crippen LogP contribution >= 0.6 is 0 Å². The molecule has 1 aromatic heterocycles. The van der Waals surface area contributed by atoms with Gasteiger partial charge in [0.2, 0.25) is 5.91 Å². The van der Waals surface area contributed by atoms with Crippen LogP contribution in [0.1, 0.15) is 62.4 Å². The third-order valence-electron chi connectivity index (χ3n) is 7.22. The Morgan fingerprint density at radius 3 is 2.10 bits per heavy atom. The lowest BCUT2D eigenvalue weighted by atomic mass is 10.0. The van der Waals surface area contributed by atoms with Gasteiger partial charge in [0.05, 0.1) is 12.0 Å². The second-order valence-corrected chi connectivity index (χ2v) is 11.7. The first-order valence-electron chi connectivity index (χ1n) is 14.2. The zero-order valence-electron chi connectivity index (χ0n) is 23.9. The molecule has 0 unspecified atom stereocenters. The van der Waals surface area contributed by atoms with Gasteiger partial charge in [0.25, 0.3) is 5.91 Å². The molecule has 3 aromatic rings. The van der Waals surface area contributed by atoms with Crippen LogP contribution in [0.15, 0.2) is 67.0 Å². The van der Waals surface area contributed by atoms with Crippen molar-refractivity contribution >= 4 is 23.6 Å². The van der Waals surface area contributed by atoms with E-state index in [0.29, 0.717) is 24.5 Å². The van der Waals surface area contributed by atoms with Gasteiger partial charge in [-0.05, 0) is 64.2 Å². The highest BCUT2D eigenvalue weighted by molar-refractivity contribution is 5.94. The predicted molar refractivity (Wildman–Crippen MR) is 156 cm³/mol. The molecule has 1 aliphatic carbocycles. The summed E-state index contributed by atoms with van der Waals surface area (Å²) in [6.07, 6.45) is 6.57. The minimum Gasteiger partial charge on any atom is -0.444 e. The molecule has 0 spiro atoms. The Labute approximate surface area is 240 Å². The minimum absolute atomic E-state index is 0.0606. The summed E-state index contributed by atoms with van der Waals surface area (Å²) >= 11 is 0.